The topological polar surface area (TPSA) is 12.9 Å². The summed E-state index contributed by atoms with van der Waals surface area (Å²) in [6, 6.07) is 5.72. The molecule has 1 aromatic rings. The first-order chi connectivity index (χ1) is 4.00. The van der Waals surface area contributed by atoms with Crippen LogP contribution in [0.1, 0.15) is 0 Å². The molecule has 1 nitrogen and oxygen atoms in total. The molecule has 2 radical (unpaired) electrons. The highest BCUT2D eigenvalue weighted by atomic mass is 14.6. The molecule has 40 valence electrons. The number of pyridine rings is 1. The van der Waals surface area contributed by atoms with Crippen LogP contribution >= 0.6 is 0 Å². The molecular formula is C6H8BN. The molecule has 0 aromatic carbocycles. The van der Waals surface area contributed by atoms with Gasteiger partial charge in [-0.1, -0.05) is 12.9 Å². The Labute approximate surface area is 51.2 Å². The molecule has 2 heteroatoms. The summed E-state index contributed by atoms with van der Waals surface area (Å²) in [4.78, 5) is 3.78. The monoisotopic (exact) mass is 105 g/mol. The second kappa shape index (κ2) is 6.21. The maximum absolute atomic E-state index is 4.50. The molecule has 0 saturated carbocycles. The Morgan fingerprint density at radius 2 is 1.50 bits per heavy atom. The van der Waals surface area contributed by atoms with Crippen LogP contribution < -0.4 is 0 Å². The van der Waals surface area contributed by atoms with Gasteiger partial charge in [-0.05, 0) is 12.1 Å². The van der Waals surface area contributed by atoms with Gasteiger partial charge in [0.05, 0.1) is 7.85 Å². The Bertz CT molecular complexity index is 80.5. The van der Waals surface area contributed by atoms with Gasteiger partial charge in [-0.25, -0.2) is 0 Å². The van der Waals surface area contributed by atoms with E-state index in [1.54, 1.807) is 12.4 Å². The SMILES string of the molecule is [B]C.c1ccncc1. The van der Waals surface area contributed by atoms with Crippen LogP contribution in [0.2, 0.25) is 6.82 Å². The van der Waals surface area contributed by atoms with Crippen LogP contribution in [-0.4, -0.2) is 12.8 Å². The van der Waals surface area contributed by atoms with Crippen LogP contribution in [0.25, 0.3) is 0 Å². The molecule has 0 saturated heterocycles. The van der Waals surface area contributed by atoms with Gasteiger partial charge in [0.2, 0.25) is 0 Å². The highest BCUT2D eigenvalue weighted by Gasteiger charge is 1.58. The first-order valence-electron chi connectivity index (χ1n) is 2.43. The normalized spacial score (nSPS) is 6.62. The van der Waals surface area contributed by atoms with Gasteiger partial charge in [0.15, 0.2) is 0 Å². The lowest BCUT2D eigenvalue weighted by Gasteiger charge is -1.70. The van der Waals surface area contributed by atoms with Gasteiger partial charge in [-0.3, -0.25) is 4.98 Å². The van der Waals surface area contributed by atoms with E-state index in [0.717, 1.165) is 0 Å². The number of rotatable bonds is 0. The third kappa shape index (κ3) is 3.41. The third-order valence-electron chi connectivity index (χ3n) is 0.566. The Hall–Kier alpha value is -0.785. The lowest BCUT2D eigenvalue weighted by Crippen LogP contribution is -1.58. The van der Waals surface area contributed by atoms with E-state index in [1.165, 1.54) is 6.82 Å². The zero-order valence-electron chi connectivity index (χ0n) is 4.91. The number of hydrogen-bond acceptors (Lipinski definition) is 1. The van der Waals surface area contributed by atoms with Gasteiger partial charge >= 0.3 is 0 Å². The second-order valence-electron chi connectivity index (χ2n) is 1.02. The zero-order valence-corrected chi connectivity index (χ0v) is 4.91. The predicted octanol–water partition coefficient (Wildman–Crippen LogP) is 1.28. The molecule has 0 bridgehead atoms. The van der Waals surface area contributed by atoms with Crippen LogP contribution in [0.5, 0.6) is 0 Å². The van der Waals surface area contributed by atoms with Gasteiger partial charge in [0, 0.05) is 12.4 Å². The molecule has 0 aliphatic rings. The van der Waals surface area contributed by atoms with E-state index in [1.807, 2.05) is 18.2 Å². The van der Waals surface area contributed by atoms with Crippen LogP contribution in [0.15, 0.2) is 30.6 Å². The molecule has 1 heterocycles. The Morgan fingerprint density at radius 3 is 1.62 bits per heavy atom. The lowest BCUT2D eigenvalue weighted by atomic mass is 10.2. The van der Waals surface area contributed by atoms with Crippen molar-refractivity contribution in [2.75, 3.05) is 0 Å². The van der Waals surface area contributed by atoms with E-state index in [9.17, 15) is 0 Å². The molecule has 0 spiro atoms. The first kappa shape index (κ1) is 7.21. The molecule has 0 amide bonds. The fraction of sp³-hybridized carbons (Fsp3) is 0.167. The number of hydrogen-bond donors (Lipinski definition) is 0. The summed E-state index contributed by atoms with van der Waals surface area (Å²) in [6.45, 7) is 1.50. The molecule has 0 atom stereocenters. The summed E-state index contributed by atoms with van der Waals surface area (Å²) >= 11 is 0. The minimum atomic E-state index is 1.50. The summed E-state index contributed by atoms with van der Waals surface area (Å²) < 4.78 is 0. The van der Waals surface area contributed by atoms with Gasteiger partial charge in [0.25, 0.3) is 0 Å². The number of nitrogens with zero attached hydrogens (tertiary/aromatic N) is 1. The van der Waals surface area contributed by atoms with E-state index in [2.05, 4.69) is 12.8 Å². The van der Waals surface area contributed by atoms with Gasteiger partial charge in [0.1, 0.15) is 0 Å². The van der Waals surface area contributed by atoms with Gasteiger partial charge in [-0.2, -0.15) is 0 Å². The summed E-state index contributed by atoms with van der Waals surface area (Å²) in [6.07, 6.45) is 3.50. The average molecular weight is 105 g/mol. The highest BCUT2D eigenvalue weighted by molar-refractivity contribution is 6.05. The molecule has 0 aliphatic heterocycles. The molecule has 0 fully saturated rings. The second-order valence-corrected chi connectivity index (χ2v) is 1.02. The lowest BCUT2D eigenvalue weighted by molar-refractivity contribution is 1.33. The van der Waals surface area contributed by atoms with Crippen LogP contribution in [0.4, 0.5) is 0 Å². The quantitative estimate of drug-likeness (QED) is 0.453. The average Bonchev–Trinajstić information content (AvgIpc) is 1.96. The highest BCUT2D eigenvalue weighted by Crippen LogP contribution is 1.73. The summed E-state index contributed by atoms with van der Waals surface area (Å²) in [5.41, 5.74) is 0. The van der Waals surface area contributed by atoms with E-state index >= 15 is 0 Å². The minimum Gasteiger partial charge on any atom is -0.265 e. The van der Waals surface area contributed by atoms with E-state index in [0.29, 0.717) is 0 Å². The van der Waals surface area contributed by atoms with Crippen molar-refractivity contribution in [2.24, 2.45) is 0 Å². The molecular weight excluding hydrogens is 96.9 g/mol. The van der Waals surface area contributed by atoms with Crippen molar-refractivity contribution >= 4 is 7.85 Å². The summed E-state index contributed by atoms with van der Waals surface area (Å²) in [5, 5.41) is 0. The minimum absolute atomic E-state index is 1.50. The van der Waals surface area contributed by atoms with Crippen molar-refractivity contribution < 1.29 is 0 Å². The Kier molecular flexibility index (Phi) is 5.61. The standard InChI is InChI=1S/C5H5N.CH3B/c1-2-4-6-5-3-1;1-2/h1-5H;1H3. The predicted molar refractivity (Wildman–Crippen MR) is 35.9 cm³/mol. The summed E-state index contributed by atoms with van der Waals surface area (Å²) in [7, 11) is 4.50. The maximum atomic E-state index is 4.50. The maximum Gasteiger partial charge on any atom is 0.0606 e. The molecule has 1 rings (SSSR count). The van der Waals surface area contributed by atoms with Crippen molar-refractivity contribution in [3.05, 3.63) is 30.6 Å². The fourth-order valence-electron chi connectivity index (χ4n) is 0.313. The zero-order chi connectivity index (χ0) is 6.24. The van der Waals surface area contributed by atoms with Crippen molar-refractivity contribution in [3.8, 4) is 0 Å². The first-order valence-corrected chi connectivity index (χ1v) is 2.43. The van der Waals surface area contributed by atoms with Gasteiger partial charge < -0.3 is 0 Å². The van der Waals surface area contributed by atoms with Gasteiger partial charge in [-0.15, -0.1) is 0 Å². The van der Waals surface area contributed by atoms with Crippen LogP contribution in [0, 0.1) is 0 Å². The van der Waals surface area contributed by atoms with E-state index in [4.69, 9.17) is 0 Å². The Morgan fingerprint density at radius 1 is 1.00 bits per heavy atom. The molecule has 1 aromatic heterocycles. The van der Waals surface area contributed by atoms with Crippen molar-refractivity contribution in [1.82, 2.24) is 4.98 Å². The van der Waals surface area contributed by atoms with E-state index < -0.39 is 0 Å². The fourth-order valence-corrected chi connectivity index (χ4v) is 0.313. The number of aromatic nitrogens is 1. The van der Waals surface area contributed by atoms with Crippen LogP contribution in [0.3, 0.4) is 0 Å². The smallest absolute Gasteiger partial charge is 0.0606 e. The van der Waals surface area contributed by atoms with E-state index in [-0.39, 0.29) is 0 Å². The Balaban J connectivity index is 0.000000222. The summed E-state index contributed by atoms with van der Waals surface area (Å²) in [5.74, 6) is 0. The van der Waals surface area contributed by atoms with Crippen LogP contribution in [-0.2, 0) is 0 Å². The molecule has 8 heavy (non-hydrogen) atoms. The molecule has 0 N–H and O–H groups in total. The molecule has 0 aliphatic carbocycles. The third-order valence-corrected chi connectivity index (χ3v) is 0.566. The molecule has 0 unspecified atom stereocenters. The van der Waals surface area contributed by atoms with Crippen molar-refractivity contribution in [1.29, 1.82) is 0 Å². The van der Waals surface area contributed by atoms with Crippen molar-refractivity contribution in [3.63, 3.8) is 0 Å². The van der Waals surface area contributed by atoms with Crippen molar-refractivity contribution in [2.45, 2.75) is 6.82 Å². The largest absolute Gasteiger partial charge is 0.265 e.